The molecule has 0 fully saturated rings. The van der Waals surface area contributed by atoms with Gasteiger partial charge < -0.3 is 9.47 Å². The number of halogens is 1. The van der Waals surface area contributed by atoms with Crippen LogP contribution >= 0.6 is 11.6 Å². The van der Waals surface area contributed by atoms with Crippen LogP contribution in [-0.2, 0) is 16.1 Å². The number of esters is 1. The number of aryl methyl sites for hydroxylation is 3. The van der Waals surface area contributed by atoms with Crippen LogP contribution in [0.4, 0.5) is 0 Å². The summed E-state index contributed by atoms with van der Waals surface area (Å²) in [5.74, 6) is -0.211. The lowest BCUT2D eigenvalue weighted by molar-refractivity contribution is -0.160. The first-order chi connectivity index (χ1) is 15.1. The summed E-state index contributed by atoms with van der Waals surface area (Å²) >= 11 is 5.88. The molecule has 3 rings (SSSR count). The minimum Gasteiger partial charge on any atom is -0.476 e. The average Bonchev–Trinajstić information content (AvgIpc) is 2.75. The number of ketones is 1. The molecule has 6 nitrogen and oxygen atoms in total. The molecular formula is C25H25ClN2O4. The molecule has 1 aromatic heterocycles. The smallest absolute Gasteiger partial charge is 0.350 e. The number of hydrogen-bond donors (Lipinski definition) is 0. The SMILES string of the molecule is Cc1nc(C)c(COC(=O)C(C)(C)Oc2ccc(C(=O)c3ccc(Cl)cc3)cc2)nc1C. The van der Waals surface area contributed by atoms with Crippen molar-refractivity contribution in [2.24, 2.45) is 0 Å². The Labute approximate surface area is 192 Å². The normalized spacial score (nSPS) is 11.2. The number of aromatic nitrogens is 2. The molecule has 3 aromatic rings. The monoisotopic (exact) mass is 452 g/mol. The second kappa shape index (κ2) is 9.49. The Morgan fingerprint density at radius 3 is 1.97 bits per heavy atom. The first kappa shape index (κ1) is 23.4. The fourth-order valence-electron chi connectivity index (χ4n) is 2.98. The Morgan fingerprint density at radius 2 is 1.38 bits per heavy atom. The van der Waals surface area contributed by atoms with E-state index in [9.17, 15) is 9.59 Å². The molecule has 1 heterocycles. The van der Waals surface area contributed by atoms with Gasteiger partial charge in [-0.25, -0.2) is 4.79 Å². The second-order valence-corrected chi connectivity index (χ2v) is 8.41. The zero-order valence-corrected chi connectivity index (χ0v) is 19.5. The molecule has 0 bridgehead atoms. The third kappa shape index (κ3) is 5.51. The summed E-state index contributed by atoms with van der Waals surface area (Å²) in [6.07, 6.45) is 0. The van der Waals surface area contributed by atoms with Gasteiger partial charge in [0.2, 0.25) is 0 Å². The number of carbonyl (C=O) groups excluding carboxylic acids is 2. The molecule has 0 unspecified atom stereocenters. The summed E-state index contributed by atoms with van der Waals surface area (Å²) in [5.41, 5.74) is 2.79. The van der Waals surface area contributed by atoms with Gasteiger partial charge in [-0.2, -0.15) is 0 Å². The second-order valence-electron chi connectivity index (χ2n) is 7.98. The van der Waals surface area contributed by atoms with E-state index in [-0.39, 0.29) is 12.4 Å². The summed E-state index contributed by atoms with van der Waals surface area (Å²) in [5, 5.41) is 0.569. The van der Waals surface area contributed by atoms with Crippen molar-refractivity contribution >= 4 is 23.4 Å². The molecule has 0 spiro atoms. The van der Waals surface area contributed by atoms with Crippen molar-refractivity contribution < 1.29 is 19.1 Å². The Kier molecular flexibility index (Phi) is 6.94. The standard InChI is InChI=1S/C25H25ClN2O4/c1-15-16(2)28-22(17(3)27-15)14-31-24(30)25(4,5)32-21-12-8-19(9-13-21)23(29)18-6-10-20(26)11-7-18/h6-13H,14H2,1-5H3. The van der Waals surface area contributed by atoms with E-state index in [2.05, 4.69) is 9.97 Å². The first-order valence-electron chi connectivity index (χ1n) is 10.1. The fourth-order valence-corrected chi connectivity index (χ4v) is 3.11. The maximum atomic E-state index is 12.6. The van der Waals surface area contributed by atoms with Crippen LogP contribution in [0, 0.1) is 20.8 Å². The van der Waals surface area contributed by atoms with Crippen LogP contribution < -0.4 is 4.74 Å². The van der Waals surface area contributed by atoms with Crippen molar-refractivity contribution in [3.8, 4) is 5.75 Å². The highest BCUT2D eigenvalue weighted by Gasteiger charge is 2.32. The highest BCUT2D eigenvalue weighted by atomic mass is 35.5. The lowest BCUT2D eigenvalue weighted by Gasteiger charge is -2.24. The maximum Gasteiger partial charge on any atom is 0.350 e. The molecule has 0 atom stereocenters. The van der Waals surface area contributed by atoms with Gasteiger partial charge in [-0.05, 0) is 83.1 Å². The molecule has 0 aliphatic heterocycles. The van der Waals surface area contributed by atoms with E-state index in [1.807, 2.05) is 20.8 Å². The molecule has 0 saturated heterocycles. The number of carbonyl (C=O) groups is 2. The Hall–Kier alpha value is -3.25. The predicted octanol–water partition coefficient (Wildman–Crippen LogP) is 5.19. The number of hydrogen-bond acceptors (Lipinski definition) is 6. The Bertz CT molecular complexity index is 1140. The van der Waals surface area contributed by atoms with E-state index in [0.29, 0.717) is 27.6 Å². The predicted molar refractivity (Wildman–Crippen MR) is 122 cm³/mol. The molecule has 2 aromatic carbocycles. The summed E-state index contributed by atoms with van der Waals surface area (Å²) in [6.45, 7) is 8.84. The van der Waals surface area contributed by atoms with Gasteiger partial charge in [0, 0.05) is 16.1 Å². The van der Waals surface area contributed by atoms with E-state index < -0.39 is 11.6 Å². The highest BCUT2D eigenvalue weighted by molar-refractivity contribution is 6.30. The van der Waals surface area contributed by atoms with E-state index >= 15 is 0 Å². The molecule has 0 aliphatic rings. The van der Waals surface area contributed by atoms with Gasteiger partial charge in [-0.1, -0.05) is 11.6 Å². The van der Waals surface area contributed by atoms with Crippen LogP contribution in [0.2, 0.25) is 5.02 Å². The van der Waals surface area contributed by atoms with E-state index in [4.69, 9.17) is 21.1 Å². The largest absolute Gasteiger partial charge is 0.476 e. The molecule has 32 heavy (non-hydrogen) atoms. The first-order valence-corrected chi connectivity index (χ1v) is 10.5. The van der Waals surface area contributed by atoms with Crippen LogP contribution in [-0.4, -0.2) is 27.3 Å². The lowest BCUT2D eigenvalue weighted by atomic mass is 10.0. The van der Waals surface area contributed by atoms with Crippen molar-refractivity contribution in [1.82, 2.24) is 9.97 Å². The zero-order valence-electron chi connectivity index (χ0n) is 18.7. The van der Waals surface area contributed by atoms with Crippen LogP contribution in [0.5, 0.6) is 5.75 Å². The van der Waals surface area contributed by atoms with Gasteiger partial charge in [0.25, 0.3) is 0 Å². The van der Waals surface area contributed by atoms with Crippen molar-refractivity contribution in [3.63, 3.8) is 0 Å². The zero-order chi connectivity index (χ0) is 23.5. The Balaban J connectivity index is 1.64. The van der Waals surface area contributed by atoms with Crippen molar-refractivity contribution in [1.29, 1.82) is 0 Å². The quantitative estimate of drug-likeness (QED) is 0.362. The third-order valence-electron chi connectivity index (χ3n) is 5.01. The number of benzene rings is 2. The van der Waals surface area contributed by atoms with Crippen LogP contribution in [0.25, 0.3) is 0 Å². The van der Waals surface area contributed by atoms with Crippen molar-refractivity contribution in [2.75, 3.05) is 0 Å². The number of ether oxygens (including phenoxy) is 2. The molecule has 0 aliphatic carbocycles. The summed E-state index contributed by atoms with van der Waals surface area (Å²) in [6, 6.07) is 13.3. The average molecular weight is 453 g/mol. The van der Waals surface area contributed by atoms with Crippen LogP contribution in [0.3, 0.4) is 0 Å². The molecule has 0 radical (unpaired) electrons. The molecular weight excluding hydrogens is 428 g/mol. The fraction of sp³-hybridized carbons (Fsp3) is 0.280. The number of nitrogens with zero attached hydrogens (tertiary/aromatic N) is 2. The third-order valence-corrected chi connectivity index (χ3v) is 5.26. The Morgan fingerprint density at radius 1 is 0.844 bits per heavy atom. The van der Waals surface area contributed by atoms with Gasteiger partial charge in [-0.3, -0.25) is 14.8 Å². The van der Waals surface area contributed by atoms with Crippen molar-refractivity contribution in [2.45, 2.75) is 46.8 Å². The molecule has 7 heteroatoms. The van der Waals surface area contributed by atoms with Gasteiger partial charge >= 0.3 is 5.97 Å². The van der Waals surface area contributed by atoms with Crippen LogP contribution in [0.1, 0.15) is 52.5 Å². The molecule has 166 valence electrons. The minimum absolute atomic E-state index is 0.0140. The topological polar surface area (TPSA) is 78.4 Å². The van der Waals surface area contributed by atoms with Gasteiger partial charge in [-0.15, -0.1) is 0 Å². The molecule has 0 saturated carbocycles. The summed E-state index contributed by atoms with van der Waals surface area (Å²) in [4.78, 5) is 34.1. The maximum absolute atomic E-state index is 12.6. The lowest BCUT2D eigenvalue weighted by Crippen LogP contribution is -2.39. The van der Waals surface area contributed by atoms with E-state index in [1.165, 1.54) is 0 Å². The summed E-state index contributed by atoms with van der Waals surface area (Å²) < 4.78 is 11.3. The van der Waals surface area contributed by atoms with Gasteiger partial charge in [0.05, 0.1) is 22.8 Å². The minimum atomic E-state index is -1.23. The van der Waals surface area contributed by atoms with Gasteiger partial charge in [0.1, 0.15) is 12.4 Å². The summed E-state index contributed by atoms with van der Waals surface area (Å²) in [7, 11) is 0. The van der Waals surface area contributed by atoms with Crippen LogP contribution in [0.15, 0.2) is 48.5 Å². The highest BCUT2D eigenvalue weighted by Crippen LogP contribution is 2.22. The van der Waals surface area contributed by atoms with Gasteiger partial charge in [0.15, 0.2) is 11.4 Å². The number of rotatable bonds is 7. The van der Waals surface area contributed by atoms with E-state index in [1.54, 1.807) is 62.4 Å². The van der Waals surface area contributed by atoms with E-state index in [0.717, 1.165) is 17.1 Å². The molecule has 0 N–H and O–H groups in total. The molecule has 0 amide bonds. The van der Waals surface area contributed by atoms with Crippen molar-refractivity contribution in [3.05, 3.63) is 87.5 Å².